The number of anilines is 1. The van der Waals surface area contributed by atoms with Gasteiger partial charge in [0.1, 0.15) is 0 Å². The average molecular weight is 353 g/mol. The Morgan fingerprint density at radius 2 is 2.00 bits per heavy atom. The summed E-state index contributed by atoms with van der Waals surface area (Å²) in [5.41, 5.74) is 7.81. The number of benzene rings is 1. The average Bonchev–Trinajstić information content (AvgIpc) is 2.57. The molecular formula is C17H27N3O3S. The molecule has 6 nitrogen and oxygen atoms in total. The molecule has 0 bridgehead atoms. The number of carbonyl (C=O) groups is 1. The van der Waals surface area contributed by atoms with Gasteiger partial charge in [0.2, 0.25) is 10.0 Å². The van der Waals surface area contributed by atoms with Gasteiger partial charge in [-0.25, -0.2) is 12.7 Å². The lowest BCUT2D eigenvalue weighted by Crippen LogP contribution is -2.45. The molecule has 0 aliphatic carbocycles. The van der Waals surface area contributed by atoms with Crippen LogP contribution in [0.4, 0.5) is 5.69 Å². The van der Waals surface area contributed by atoms with E-state index >= 15 is 0 Å². The molecule has 0 saturated carbocycles. The third-order valence-corrected chi connectivity index (χ3v) is 6.71. The van der Waals surface area contributed by atoms with Gasteiger partial charge in [0.05, 0.1) is 5.75 Å². The van der Waals surface area contributed by atoms with E-state index in [1.807, 2.05) is 19.9 Å². The van der Waals surface area contributed by atoms with Gasteiger partial charge >= 0.3 is 0 Å². The second kappa shape index (κ2) is 7.53. The summed E-state index contributed by atoms with van der Waals surface area (Å²) in [6.07, 6.45) is 1.52. The van der Waals surface area contributed by atoms with Gasteiger partial charge in [0.25, 0.3) is 5.91 Å². The number of nitrogens with two attached hydrogens (primary N) is 1. The van der Waals surface area contributed by atoms with Crippen LogP contribution in [0.2, 0.25) is 0 Å². The molecule has 0 spiro atoms. The first-order valence-corrected chi connectivity index (χ1v) is 10.00. The lowest BCUT2D eigenvalue weighted by Gasteiger charge is -2.34. The maximum atomic E-state index is 12.5. The van der Waals surface area contributed by atoms with Crippen LogP contribution in [-0.2, 0) is 10.0 Å². The number of nitrogens with zero attached hydrogens (tertiary/aromatic N) is 1. The van der Waals surface area contributed by atoms with Gasteiger partial charge in [-0.05, 0) is 57.2 Å². The molecule has 2 rings (SSSR count). The monoisotopic (exact) mass is 353 g/mol. The van der Waals surface area contributed by atoms with E-state index in [2.05, 4.69) is 5.32 Å². The van der Waals surface area contributed by atoms with Crippen molar-refractivity contribution < 1.29 is 13.2 Å². The van der Waals surface area contributed by atoms with E-state index in [4.69, 9.17) is 5.73 Å². The molecule has 1 aromatic carbocycles. The van der Waals surface area contributed by atoms with E-state index in [9.17, 15) is 13.2 Å². The predicted octanol–water partition coefficient (Wildman–Crippen LogP) is 1.76. The van der Waals surface area contributed by atoms with Crippen molar-refractivity contribution in [2.75, 3.05) is 24.6 Å². The molecule has 1 amide bonds. The van der Waals surface area contributed by atoms with Crippen LogP contribution in [0.5, 0.6) is 0 Å². The van der Waals surface area contributed by atoms with Crippen LogP contribution in [0.15, 0.2) is 18.2 Å². The number of amides is 1. The van der Waals surface area contributed by atoms with Crippen molar-refractivity contribution in [3.05, 3.63) is 29.3 Å². The van der Waals surface area contributed by atoms with Gasteiger partial charge in [-0.15, -0.1) is 0 Å². The molecule has 1 heterocycles. The fraction of sp³-hybridized carbons (Fsp3) is 0.588. The SMILES string of the molecule is CCS(=O)(=O)N1CCC([C@@H](C)NC(=O)c2cc(N)ccc2C)CC1. The molecule has 1 aliphatic rings. The Labute approximate surface area is 144 Å². The highest BCUT2D eigenvalue weighted by Gasteiger charge is 2.30. The predicted molar refractivity (Wildman–Crippen MR) is 96.3 cm³/mol. The third-order valence-electron chi connectivity index (χ3n) is 4.83. The minimum Gasteiger partial charge on any atom is -0.399 e. The van der Waals surface area contributed by atoms with E-state index in [1.165, 1.54) is 0 Å². The Morgan fingerprint density at radius 3 is 2.58 bits per heavy atom. The van der Waals surface area contributed by atoms with Gasteiger partial charge < -0.3 is 11.1 Å². The molecule has 134 valence electrons. The number of nitrogens with one attached hydrogen (secondary N) is 1. The molecular weight excluding hydrogens is 326 g/mol. The highest BCUT2D eigenvalue weighted by molar-refractivity contribution is 7.89. The topological polar surface area (TPSA) is 92.5 Å². The quantitative estimate of drug-likeness (QED) is 0.789. The van der Waals surface area contributed by atoms with Crippen LogP contribution in [0.25, 0.3) is 0 Å². The summed E-state index contributed by atoms with van der Waals surface area (Å²) in [7, 11) is -3.11. The summed E-state index contributed by atoms with van der Waals surface area (Å²) in [5.74, 6) is 0.285. The summed E-state index contributed by atoms with van der Waals surface area (Å²) >= 11 is 0. The fourth-order valence-corrected chi connectivity index (χ4v) is 4.26. The number of carbonyl (C=O) groups excluding carboxylic acids is 1. The number of hydrogen-bond donors (Lipinski definition) is 2. The standard InChI is InChI=1S/C17H27N3O3S/c1-4-24(22,23)20-9-7-14(8-10-20)13(3)19-17(21)16-11-15(18)6-5-12(16)2/h5-6,11,13-14H,4,7-10,18H2,1-3H3,(H,19,21)/t13-/m1/s1. The normalized spacial score (nSPS) is 18.3. The highest BCUT2D eigenvalue weighted by Crippen LogP contribution is 2.23. The smallest absolute Gasteiger partial charge is 0.251 e. The molecule has 1 aliphatic heterocycles. The summed E-state index contributed by atoms with van der Waals surface area (Å²) in [5, 5.41) is 3.04. The minimum atomic E-state index is -3.11. The number of aryl methyl sites for hydroxylation is 1. The van der Waals surface area contributed by atoms with E-state index in [0.717, 1.165) is 18.4 Å². The first-order valence-electron chi connectivity index (χ1n) is 8.39. The largest absolute Gasteiger partial charge is 0.399 e. The lowest BCUT2D eigenvalue weighted by atomic mass is 9.91. The van der Waals surface area contributed by atoms with Crippen molar-refractivity contribution in [3.63, 3.8) is 0 Å². The zero-order valence-electron chi connectivity index (χ0n) is 14.6. The van der Waals surface area contributed by atoms with Crippen molar-refractivity contribution in [1.29, 1.82) is 0 Å². The summed E-state index contributed by atoms with van der Waals surface area (Å²) in [6, 6.07) is 5.29. The van der Waals surface area contributed by atoms with Crippen LogP contribution >= 0.6 is 0 Å². The summed E-state index contributed by atoms with van der Waals surface area (Å²) in [6.45, 7) is 6.58. The molecule has 0 unspecified atom stereocenters. The Kier molecular flexibility index (Phi) is 5.87. The first-order chi connectivity index (χ1) is 11.2. The molecule has 1 aromatic rings. The van der Waals surface area contributed by atoms with Crippen LogP contribution in [-0.4, -0.2) is 43.5 Å². The minimum absolute atomic E-state index is 0.00943. The molecule has 1 saturated heterocycles. The number of sulfonamides is 1. The third kappa shape index (κ3) is 4.27. The Balaban J connectivity index is 1.95. The second-order valence-corrected chi connectivity index (χ2v) is 8.73. The van der Waals surface area contributed by atoms with Crippen molar-refractivity contribution >= 4 is 21.6 Å². The van der Waals surface area contributed by atoms with Gasteiger partial charge in [-0.1, -0.05) is 6.07 Å². The van der Waals surface area contributed by atoms with E-state index < -0.39 is 10.0 Å². The van der Waals surface area contributed by atoms with Crippen molar-refractivity contribution in [1.82, 2.24) is 9.62 Å². The summed E-state index contributed by atoms with van der Waals surface area (Å²) < 4.78 is 25.4. The van der Waals surface area contributed by atoms with Gasteiger partial charge in [-0.2, -0.15) is 0 Å². The molecule has 0 radical (unpaired) electrons. The molecule has 1 fully saturated rings. The fourth-order valence-electron chi connectivity index (χ4n) is 3.12. The Hall–Kier alpha value is -1.60. The second-order valence-electron chi connectivity index (χ2n) is 6.47. The first kappa shape index (κ1) is 18.7. The van der Waals surface area contributed by atoms with Crippen LogP contribution in [0.1, 0.15) is 42.6 Å². The van der Waals surface area contributed by atoms with Crippen molar-refractivity contribution in [2.45, 2.75) is 39.7 Å². The van der Waals surface area contributed by atoms with Crippen LogP contribution in [0.3, 0.4) is 0 Å². The number of rotatable bonds is 5. The van der Waals surface area contributed by atoms with Crippen molar-refractivity contribution in [2.24, 2.45) is 5.92 Å². The molecule has 3 N–H and O–H groups in total. The van der Waals surface area contributed by atoms with Crippen LogP contribution < -0.4 is 11.1 Å². The number of nitrogen functional groups attached to an aromatic ring is 1. The molecule has 24 heavy (non-hydrogen) atoms. The Morgan fingerprint density at radius 1 is 1.38 bits per heavy atom. The zero-order chi connectivity index (χ0) is 17.9. The summed E-state index contributed by atoms with van der Waals surface area (Å²) in [4.78, 5) is 12.5. The maximum absolute atomic E-state index is 12.5. The molecule has 1 atom stereocenters. The number of hydrogen-bond acceptors (Lipinski definition) is 4. The highest BCUT2D eigenvalue weighted by atomic mass is 32.2. The molecule has 7 heteroatoms. The maximum Gasteiger partial charge on any atom is 0.251 e. The Bertz CT molecular complexity index is 695. The van der Waals surface area contributed by atoms with Gasteiger partial charge in [-0.3, -0.25) is 4.79 Å². The van der Waals surface area contributed by atoms with E-state index in [-0.39, 0.29) is 23.6 Å². The van der Waals surface area contributed by atoms with E-state index in [1.54, 1.807) is 23.4 Å². The van der Waals surface area contributed by atoms with Gasteiger partial charge in [0.15, 0.2) is 0 Å². The van der Waals surface area contributed by atoms with Crippen LogP contribution in [0, 0.1) is 12.8 Å². The number of piperidine rings is 1. The van der Waals surface area contributed by atoms with Gasteiger partial charge in [0, 0.05) is 30.4 Å². The van der Waals surface area contributed by atoms with Crippen molar-refractivity contribution in [3.8, 4) is 0 Å². The zero-order valence-corrected chi connectivity index (χ0v) is 15.4. The molecule has 0 aromatic heterocycles. The lowest BCUT2D eigenvalue weighted by molar-refractivity contribution is 0.0914. The van der Waals surface area contributed by atoms with E-state index in [0.29, 0.717) is 24.3 Å².